The summed E-state index contributed by atoms with van der Waals surface area (Å²) in [5, 5.41) is 12.5. The van der Waals surface area contributed by atoms with E-state index in [1.165, 1.54) is 6.07 Å². The molecular formula is C14H19ClF3NO2. The molecule has 0 heterocycles. The number of anilines is 1. The Kier molecular flexibility index (Phi) is 5.90. The zero-order chi connectivity index (χ0) is 16.3. The zero-order valence-corrected chi connectivity index (χ0v) is 12.8. The van der Waals surface area contributed by atoms with E-state index < -0.39 is 17.8 Å². The summed E-state index contributed by atoms with van der Waals surface area (Å²) in [7, 11) is 0. The summed E-state index contributed by atoms with van der Waals surface area (Å²) in [6.07, 6.45) is -5.22. The molecule has 0 aliphatic carbocycles. The van der Waals surface area contributed by atoms with Gasteiger partial charge in [0, 0.05) is 6.54 Å². The molecule has 3 nitrogen and oxygen atoms in total. The average molecular weight is 326 g/mol. The molecule has 7 heteroatoms. The Morgan fingerprint density at radius 1 is 1.29 bits per heavy atom. The summed E-state index contributed by atoms with van der Waals surface area (Å²) >= 11 is 5.79. The molecule has 0 aliphatic heterocycles. The molecule has 0 aliphatic rings. The first kappa shape index (κ1) is 18.1. The monoisotopic (exact) mass is 325 g/mol. The van der Waals surface area contributed by atoms with E-state index in [1.54, 1.807) is 0 Å². The molecule has 2 N–H and O–H groups in total. The quantitative estimate of drug-likeness (QED) is 0.861. The van der Waals surface area contributed by atoms with Crippen LogP contribution in [0.2, 0.25) is 5.02 Å². The second-order valence-corrected chi connectivity index (χ2v) is 6.06. The third kappa shape index (κ3) is 6.54. The summed E-state index contributed by atoms with van der Waals surface area (Å²) in [6, 6.07) is 3.02. The van der Waals surface area contributed by atoms with E-state index >= 15 is 0 Å². The third-order valence-electron chi connectivity index (χ3n) is 2.53. The molecule has 0 saturated heterocycles. The highest BCUT2D eigenvalue weighted by Crippen LogP contribution is 2.33. The SMILES string of the molecule is CC(C)(C)OCC(O)CNc1ccc(C(F)(F)F)cc1Cl. The maximum atomic E-state index is 12.5. The highest BCUT2D eigenvalue weighted by Gasteiger charge is 2.30. The average Bonchev–Trinajstić information content (AvgIpc) is 2.32. The van der Waals surface area contributed by atoms with Crippen molar-refractivity contribution in [2.75, 3.05) is 18.5 Å². The van der Waals surface area contributed by atoms with E-state index in [-0.39, 0.29) is 23.8 Å². The predicted molar refractivity (Wildman–Crippen MR) is 76.7 cm³/mol. The summed E-state index contributed by atoms with van der Waals surface area (Å²) < 4.78 is 42.9. The molecule has 21 heavy (non-hydrogen) atoms. The van der Waals surface area contributed by atoms with Crippen molar-refractivity contribution in [3.05, 3.63) is 28.8 Å². The van der Waals surface area contributed by atoms with E-state index in [4.69, 9.17) is 16.3 Å². The maximum Gasteiger partial charge on any atom is 0.416 e. The van der Waals surface area contributed by atoms with Crippen molar-refractivity contribution in [3.8, 4) is 0 Å². The summed E-state index contributed by atoms with van der Waals surface area (Å²) in [4.78, 5) is 0. The predicted octanol–water partition coefficient (Wildman–Crippen LogP) is 3.95. The van der Waals surface area contributed by atoms with Crippen LogP contribution >= 0.6 is 11.6 Å². The third-order valence-corrected chi connectivity index (χ3v) is 2.85. The second kappa shape index (κ2) is 6.85. The van der Waals surface area contributed by atoms with Crippen LogP contribution in [-0.4, -0.2) is 30.0 Å². The molecule has 0 amide bonds. The molecule has 0 spiro atoms. The fourth-order valence-corrected chi connectivity index (χ4v) is 1.72. The molecule has 120 valence electrons. The van der Waals surface area contributed by atoms with Crippen LogP contribution in [0.25, 0.3) is 0 Å². The fourth-order valence-electron chi connectivity index (χ4n) is 1.47. The van der Waals surface area contributed by atoms with Crippen LogP contribution in [0.15, 0.2) is 18.2 Å². The molecule has 0 aromatic heterocycles. The van der Waals surface area contributed by atoms with Crippen LogP contribution in [0.4, 0.5) is 18.9 Å². The van der Waals surface area contributed by atoms with Crippen LogP contribution in [0.5, 0.6) is 0 Å². The number of benzene rings is 1. The lowest BCUT2D eigenvalue weighted by Gasteiger charge is -2.22. The Morgan fingerprint density at radius 3 is 2.38 bits per heavy atom. The molecule has 0 bridgehead atoms. The second-order valence-electron chi connectivity index (χ2n) is 5.65. The lowest BCUT2D eigenvalue weighted by atomic mass is 10.2. The molecule has 1 aromatic rings. The van der Waals surface area contributed by atoms with Crippen molar-refractivity contribution in [1.29, 1.82) is 0 Å². The van der Waals surface area contributed by atoms with Gasteiger partial charge in [0.05, 0.1) is 34.6 Å². The van der Waals surface area contributed by atoms with Crippen molar-refractivity contribution in [3.63, 3.8) is 0 Å². The van der Waals surface area contributed by atoms with Gasteiger partial charge in [-0.2, -0.15) is 13.2 Å². The minimum atomic E-state index is -4.43. The summed E-state index contributed by atoms with van der Waals surface area (Å²) in [5.74, 6) is 0. The number of alkyl halides is 3. The first-order valence-electron chi connectivity index (χ1n) is 6.42. The Morgan fingerprint density at radius 2 is 1.90 bits per heavy atom. The van der Waals surface area contributed by atoms with Crippen LogP contribution in [0, 0.1) is 0 Å². The van der Waals surface area contributed by atoms with E-state index in [0.717, 1.165) is 12.1 Å². The smallest absolute Gasteiger partial charge is 0.389 e. The molecule has 1 aromatic carbocycles. The fraction of sp³-hybridized carbons (Fsp3) is 0.571. The lowest BCUT2D eigenvalue weighted by Crippen LogP contribution is -2.30. The molecular weight excluding hydrogens is 307 g/mol. The van der Waals surface area contributed by atoms with Gasteiger partial charge in [0.15, 0.2) is 0 Å². The van der Waals surface area contributed by atoms with Gasteiger partial charge in [-0.15, -0.1) is 0 Å². The topological polar surface area (TPSA) is 41.5 Å². The van der Waals surface area contributed by atoms with Crippen molar-refractivity contribution < 1.29 is 23.0 Å². The van der Waals surface area contributed by atoms with E-state index in [2.05, 4.69) is 5.32 Å². The van der Waals surface area contributed by atoms with Gasteiger partial charge >= 0.3 is 6.18 Å². The lowest BCUT2D eigenvalue weighted by molar-refractivity contribution is -0.137. The minimum absolute atomic E-state index is 0.0474. The van der Waals surface area contributed by atoms with Gasteiger partial charge in [-0.05, 0) is 39.0 Å². The van der Waals surface area contributed by atoms with Gasteiger partial charge in [0.25, 0.3) is 0 Å². The minimum Gasteiger partial charge on any atom is -0.389 e. The van der Waals surface area contributed by atoms with E-state index in [1.807, 2.05) is 20.8 Å². The van der Waals surface area contributed by atoms with Crippen molar-refractivity contribution in [2.45, 2.75) is 38.7 Å². The van der Waals surface area contributed by atoms with Crippen LogP contribution in [-0.2, 0) is 10.9 Å². The van der Waals surface area contributed by atoms with E-state index in [0.29, 0.717) is 5.69 Å². The number of hydrogen-bond donors (Lipinski definition) is 2. The Labute approximate surface area is 127 Å². The largest absolute Gasteiger partial charge is 0.416 e. The van der Waals surface area contributed by atoms with Gasteiger partial charge in [-0.1, -0.05) is 11.6 Å². The van der Waals surface area contributed by atoms with Crippen molar-refractivity contribution in [2.24, 2.45) is 0 Å². The highest BCUT2D eigenvalue weighted by atomic mass is 35.5. The van der Waals surface area contributed by atoms with Gasteiger partial charge in [0.1, 0.15) is 0 Å². The number of ether oxygens (including phenoxy) is 1. The number of aliphatic hydroxyl groups is 1. The Hall–Kier alpha value is -0.980. The summed E-state index contributed by atoms with van der Waals surface area (Å²) in [5.41, 5.74) is -0.846. The van der Waals surface area contributed by atoms with Crippen LogP contribution < -0.4 is 5.32 Å². The maximum absolute atomic E-state index is 12.5. The number of halogens is 4. The van der Waals surface area contributed by atoms with Gasteiger partial charge < -0.3 is 15.2 Å². The van der Waals surface area contributed by atoms with Gasteiger partial charge in [-0.25, -0.2) is 0 Å². The number of aliphatic hydroxyl groups excluding tert-OH is 1. The Bertz CT molecular complexity index is 472. The molecule has 1 atom stereocenters. The number of rotatable bonds is 5. The van der Waals surface area contributed by atoms with E-state index in [9.17, 15) is 18.3 Å². The molecule has 0 radical (unpaired) electrons. The number of nitrogens with one attached hydrogen (secondary N) is 1. The molecule has 0 fully saturated rings. The Balaban J connectivity index is 2.56. The van der Waals surface area contributed by atoms with Crippen molar-refractivity contribution in [1.82, 2.24) is 0 Å². The standard InChI is InChI=1S/C14H19ClF3NO2/c1-13(2,3)21-8-10(20)7-19-12-5-4-9(6-11(12)15)14(16,17)18/h4-6,10,19-20H,7-8H2,1-3H3. The molecule has 1 unspecified atom stereocenters. The first-order chi connectivity index (χ1) is 9.49. The van der Waals surface area contributed by atoms with Gasteiger partial charge in [0.2, 0.25) is 0 Å². The van der Waals surface area contributed by atoms with Gasteiger partial charge in [-0.3, -0.25) is 0 Å². The summed E-state index contributed by atoms with van der Waals surface area (Å²) in [6.45, 7) is 5.83. The molecule has 1 rings (SSSR count). The first-order valence-corrected chi connectivity index (χ1v) is 6.79. The molecule has 0 saturated carbocycles. The number of hydrogen-bond acceptors (Lipinski definition) is 3. The van der Waals surface area contributed by atoms with Crippen molar-refractivity contribution >= 4 is 17.3 Å². The zero-order valence-electron chi connectivity index (χ0n) is 12.1. The highest BCUT2D eigenvalue weighted by molar-refractivity contribution is 6.33. The normalized spacial score (nSPS) is 14.1. The van der Waals surface area contributed by atoms with Crippen LogP contribution in [0.3, 0.4) is 0 Å². The van der Waals surface area contributed by atoms with Crippen LogP contribution in [0.1, 0.15) is 26.3 Å².